The van der Waals surface area contributed by atoms with Crippen molar-refractivity contribution in [2.75, 3.05) is 11.9 Å². The summed E-state index contributed by atoms with van der Waals surface area (Å²) < 4.78 is 5.04. The Balaban J connectivity index is 2.41. The number of nitriles is 1. The summed E-state index contributed by atoms with van der Waals surface area (Å²) in [5, 5.41) is 12.1. The van der Waals surface area contributed by atoms with Crippen molar-refractivity contribution >= 4 is 29.4 Å². The first kappa shape index (κ1) is 20.6. The predicted octanol–water partition coefficient (Wildman–Crippen LogP) is 3.56. The van der Waals surface area contributed by atoms with Gasteiger partial charge in [0.15, 0.2) is 0 Å². The molecule has 1 aromatic heterocycles. The molecule has 0 aliphatic carbocycles. The SMILES string of the molecule is CCOC(=O)c1c(C)[nH]c(C)c1C(=O)/C(C#N)=C/c1ccc(NC(C)=O)cc1. The van der Waals surface area contributed by atoms with Crippen molar-refractivity contribution in [3.63, 3.8) is 0 Å². The Kier molecular flexibility index (Phi) is 6.51. The highest BCUT2D eigenvalue weighted by Gasteiger charge is 2.27. The molecule has 1 amide bonds. The average molecular weight is 379 g/mol. The van der Waals surface area contributed by atoms with E-state index < -0.39 is 11.8 Å². The van der Waals surface area contributed by atoms with Crippen molar-refractivity contribution in [1.29, 1.82) is 5.26 Å². The van der Waals surface area contributed by atoms with Crippen LogP contribution in [-0.2, 0) is 9.53 Å². The van der Waals surface area contributed by atoms with Gasteiger partial charge in [-0.15, -0.1) is 0 Å². The molecule has 0 aliphatic heterocycles. The second-order valence-electron chi connectivity index (χ2n) is 6.15. The Hall–Kier alpha value is -3.66. The number of ether oxygens (including phenoxy) is 1. The smallest absolute Gasteiger partial charge is 0.340 e. The number of aryl methyl sites for hydroxylation is 2. The molecule has 1 aromatic carbocycles. The number of H-pyrrole nitrogens is 1. The van der Waals surface area contributed by atoms with Crippen molar-refractivity contribution in [2.45, 2.75) is 27.7 Å². The highest BCUT2D eigenvalue weighted by Crippen LogP contribution is 2.24. The molecule has 1 heterocycles. The molecule has 0 atom stereocenters. The molecule has 144 valence electrons. The van der Waals surface area contributed by atoms with E-state index in [0.717, 1.165) is 0 Å². The summed E-state index contributed by atoms with van der Waals surface area (Å²) in [6.07, 6.45) is 1.44. The fraction of sp³-hybridized carbons (Fsp3) is 0.238. The van der Waals surface area contributed by atoms with Gasteiger partial charge < -0.3 is 15.0 Å². The van der Waals surface area contributed by atoms with E-state index in [-0.39, 0.29) is 29.2 Å². The van der Waals surface area contributed by atoms with Gasteiger partial charge in [0.25, 0.3) is 0 Å². The summed E-state index contributed by atoms with van der Waals surface area (Å²) in [6.45, 7) is 6.60. The molecule has 0 saturated carbocycles. The molecule has 0 aliphatic rings. The van der Waals surface area contributed by atoms with E-state index in [0.29, 0.717) is 22.6 Å². The Bertz CT molecular complexity index is 992. The van der Waals surface area contributed by atoms with Gasteiger partial charge in [-0.1, -0.05) is 12.1 Å². The predicted molar refractivity (Wildman–Crippen MR) is 105 cm³/mol. The van der Waals surface area contributed by atoms with Crippen LogP contribution in [0.15, 0.2) is 29.8 Å². The summed E-state index contributed by atoms with van der Waals surface area (Å²) in [5.41, 5.74) is 2.40. The molecule has 0 radical (unpaired) electrons. The number of amides is 1. The number of allylic oxidation sites excluding steroid dienone is 1. The highest BCUT2D eigenvalue weighted by atomic mass is 16.5. The van der Waals surface area contributed by atoms with E-state index >= 15 is 0 Å². The number of nitrogens with one attached hydrogen (secondary N) is 2. The van der Waals surface area contributed by atoms with Crippen molar-refractivity contribution < 1.29 is 19.1 Å². The van der Waals surface area contributed by atoms with Crippen molar-refractivity contribution in [1.82, 2.24) is 4.98 Å². The lowest BCUT2D eigenvalue weighted by atomic mass is 9.98. The number of carbonyl (C=O) groups is 3. The Morgan fingerprint density at radius 1 is 1.14 bits per heavy atom. The minimum atomic E-state index is -0.607. The van der Waals surface area contributed by atoms with Gasteiger partial charge in [-0.2, -0.15) is 5.26 Å². The van der Waals surface area contributed by atoms with Gasteiger partial charge in [0.1, 0.15) is 11.6 Å². The van der Waals surface area contributed by atoms with Crippen LogP contribution in [0.4, 0.5) is 5.69 Å². The fourth-order valence-corrected chi connectivity index (χ4v) is 2.84. The number of aromatic nitrogens is 1. The van der Waals surface area contributed by atoms with Crippen molar-refractivity contribution in [2.24, 2.45) is 0 Å². The Labute approximate surface area is 163 Å². The lowest BCUT2D eigenvalue weighted by molar-refractivity contribution is -0.114. The second kappa shape index (κ2) is 8.82. The number of hydrogen-bond donors (Lipinski definition) is 2. The first-order valence-electron chi connectivity index (χ1n) is 8.68. The van der Waals surface area contributed by atoms with Crippen molar-refractivity contribution in [3.05, 3.63) is 57.9 Å². The van der Waals surface area contributed by atoms with E-state index in [1.807, 2.05) is 6.07 Å². The second-order valence-corrected chi connectivity index (χ2v) is 6.15. The molecule has 7 nitrogen and oxygen atoms in total. The van der Waals surface area contributed by atoms with E-state index in [2.05, 4.69) is 10.3 Å². The first-order valence-corrected chi connectivity index (χ1v) is 8.68. The molecule has 28 heavy (non-hydrogen) atoms. The number of aromatic amines is 1. The molecule has 2 rings (SSSR count). The van der Waals surface area contributed by atoms with Crippen molar-refractivity contribution in [3.8, 4) is 6.07 Å². The van der Waals surface area contributed by atoms with Crippen LogP contribution in [0.2, 0.25) is 0 Å². The summed E-state index contributed by atoms with van der Waals surface area (Å²) in [5.74, 6) is -1.36. The maximum Gasteiger partial charge on any atom is 0.340 e. The van der Waals surface area contributed by atoms with Gasteiger partial charge in [-0.3, -0.25) is 9.59 Å². The molecule has 2 N–H and O–H groups in total. The average Bonchev–Trinajstić information content (AvgIpc) is 2.94. The van der Waals surface area contributed by atoms with Gasteiger partial charge in [0.05, 0.1) is 17.7 Å². The number of rotatable bonds is 6. The van der Waals surface area contributed by atoms with Crippen LogP contribution in [0.1, 0.15) is 51.5 Å². The zero-order valence-corrected chi connectivity index (χ0v) is 16.2. The normalized spacial score (nSPS) is 10.9. The third-order valence-corrected chi connectivity index (χ3v) is 3.99. The maximum absolute atomic E-state index is 13.0. The van der Waals surface area contributed by atoms with Gasteiger partial charge in [0, 0.05) is 24.0 Å². The molecule has 0 bridgehead atoms. The third-order valence-electron chi connectivity index (χ3n) is 3.99. The van der Waals surface area contributed by atoms with Crippen LogP contribution in [0.5, 0.6) is 0 Å². The van der Waals surface area contributed by atoms with Gasteiger partial charge >= 0.3 is 5.97 Å². The van der Waals surface area contributed by atoms with E-state index in [1.54, 1.807) is 45.0 Å². The topological polar surface area (TPSA) is 112 Å². The minimum Gasteiger partial charge on any atom is -0.462 e. The number of ketones is 1. The van der Waals surface area contributed by atoms with Crippen LogP contribution in [0.25, 0.3) is 6.08 Å². The Morgan fingerprint density at radius 3 is 2.29 bits per heavy atom. The zero-order chi connectivity index (χ0) is 20.8. The molecule has 7 heteroatoms. The molecule has 0 saturated heterocycles. The lowest BCUT2D eigenvalue weighted by Crippen LogP contribution is -2.13. The summed E-state index contributed by atoms with van der Waals surface area (Å²) >= 11 is 0. The summed E-state index contributed by atoms with van der Waals surface area (Å²) in [4.78, 5) is 39.3. The van der Waals surface area contributed by atoms with Crippen LogP contribution < -0.4 is 5.32 Å². The van der Waals surface area contributed by atoms with Gasteiger partial charge in [-0.05, 0) is 44.5 Å². The summed E-state index contributed by atoms with van der Waals surface area (Å²) in [6, 6.07) is 8.60. The number of Topliss-reactive ketones (excluding diaryl/α,β-unsaturated/α-hetero) is 1. The van der Waals surface area contributed by atoms with Crippen LogP contribution in [0, 0.1) is 25.2 Å². The molecule has 0 spiro atoms. The van der Waals surface area contributed by atoms with E-state index in [9.17, 15) is 19.6 Å². The minimum absolute atomic E-state index is 0.111. The number of esters is 1. The number of benzene rings is 1. The zero-order valence-electron chi connectivity index (χ0n) is 16.2. The highest BCUT2D eigenvalue weighted by molar-refractivity contribution is 6.19. The molecular weight excluding hydrogens is 358 g/mol. The maximum atomic E-state index is 13.0. The quantitative estimate of drug-likeness (QED) is 0.345. The largest absolute Gasteiger partial charge is 0.462 e. The Morgan fingerprint density at radius 2 is 1.75 bits per heavy atom. The monoisotopic (exact) mass is 379 g/mol. The number of anilines is 1. The van der Waals surface area contributed by atoms with Crippen LogP contribution in [-0.4, -0.2) is 29.3 Å². The summed E-state index contributed by atoms with van der Waals surface area (Å²) in [7, 11) is 0. The first-order chi connectivity index (χ1) is 13.3. The number of hydrogen-bond acceptors (Lipinski definition) is 5. The molecule has 0 fully saturated rings. The third kappa shape index (κ3) is 4.54. The number of carbonyl (C=O) groups excluding carboxylic acids is 3. The van der Waals surface area contributed by atoms with E-state index in [4.69, 9.17) is 4.74 Å². The van der Waals surface area contributed by atoms with Crippen LogP contribution in [0.3, 0.4) is 0 Å². The van der Waals surface area contributed by atoms with E-state index in [1.165, 1.54) is 13.0 Å². The number of nitrogens with zero attached hydrogens (tertiary/aromatic N) is 1. The van der Waals surface area contributed by atoms with Gasteiger partial charge in [0.2, 0.25) is 11.7 Å². The van der Waals surface area contributed by atoms with Gasteiger partial charge in [-0.25, -0.2) is 4.79 Å². The molecular formula is C21H21N3O4. The fourth-order valence-electron chi connectivity index (χ4n) is 2.84. The standard InChI is InChI=1S/C21H21N3O4/c1-5-28-21(27)19-13(3)23-12(2)18(19)20(26)16(11-22)10-15-6-8-17(9-7-15)24-14(4)25/h6-10,23H,5H2,1-4H3,(H,24,25)/b16-10+. The van der Waals surface area contributed by atoms with Crippen LogP contribution >= 0.6 is 0 Å². The molecule has 0 unspecified atom stereocenters. The lowest BCUT2D eigenvalue weighted by Gasteiger charge is -2.06. The molecule has 2 aromatic rings.